The molecule has 6 heteroatoms. The van der Waals surface area contributed by atoms with Crippen molar-refractivity contribution >= 4 is 5.95 Å². The fraction of sp³-hybridized carbons (Fsp3) is 0.857. The number of hydrogen-bond donors (Lipinski definition) is 1. The molecule has 1 aromatic heterocycles. The Labute approximate surface area is 76.7 Å². The Hall–Kier alpha value is -1.17. The van der Waals surface area contributed by atoms with Crippen LogP contribution in [0.3, 0.4) is 0 Å². The van der Waals surface area contributed by atoms with Gasteiger partial charge in [0.1, 0.15) is 0 Å². The molecule has 1 aliphatic heterocycles. The summed E-state index contributed by atoms with van der Waals surface area (Å²) in [6.07, 6.45) is 2.32. The highest BCUT2D eigenvalue weighted by Gasteiger charge is 2.26. The first kappa shape index (κ1) is 8.43. The molecule has 1 aliphatic rings. The largest absolute Gasteiger partial charge is 0.335 e. The number of rotatable bonds is 2. The minimum Gasteiger partial charge on any atom is -0.335 e. The van der Waals surface area contributed by atoms with E-state index in [0.717, 1.165) is 18.9 Å². The van der Waals surface area contributed by atoms with Crippen molar-refractivity contribution in [2.24, 2.45) is 12.8 Å². The highest BCUT2D eigenvalue weighted by molar-refractivity contribution is 5.31. The van der Waals surface area contributed by atoms with Crippen molar-refractivity contribution < 1.29 is 0 Å². The minimum atomic E-state index is 0.407. The van der Waals surface area contributed by atoms with Crippen LogP contribution in [0.25, 0.3) is 0 Å². The lowest BCUT2D eigenvalue weighted by Crippen LogP contribution is -2.37. The van der Waals surface area contributed by atoms with Gasteiger partial charge >= 0.3 is 0 Å². The van der Waals surface area contributed by atoms with E-state index >= 15 is 0 Å². The van der Waals surface area contributed by atoms with E-state index in [-0.39, 0.29) is 0 Å². The lowest BCUT2D eigenvalue weighted by atomic mass is 10.2. The van der Waals surface area contributed by atoms with Gasteiger partial charge in [0.25, 0.3) is 0 Å². The summed E-state index contributed by atoms with van der Waals surface area (Å²) >= 11 is 0. The van der Waals surface area contributed by atoms with Crippen LogP contribution in [-0.4, -0.2) is 39.3 Å². The molecule has 0 bridgehead atoms. The van der Waals surface area contributed by atoms with Crippen LogP contribution in [0.5, 0.6) is 0 Å². The van der Waals surface area contributed by atoms with Gasteiger partial charge in [-0.05, 0) is 23.3 Å². The van der Waals surface area contributed by atoms with Crippen LogP contribution in [0.2, 0.25) is 0 Å². The van der Waals surface area contributed by atoms with Crippen molar-refractivity contribution in [2.45, 2.75) is 18.9 Å². The lowest BCUT2D eigenvalue weighted by Gasteiger charge is -2.22. The van der Waals surface area contributed by atoms with E-state index in [9.17, 15) is 0 Å². The number of nitrogens with two attached hydrogens (primary N) is 1. The molecule has 72 valence electrons. The molecule has 1 atom stereocenters. The van der Waals surface area contributed by atoms with Crippen molar-refractivity contribution in [1.29, 1.82) is 0 Å². The number of aryl methyl sites for hydroxylation is 1. The second-order valence-electron chi connectivity index (χ2n) is 3.33. The Bertz CT molecular complexity index is 282. The lowest BCUT2D eigenvalue weighted by molar-refractivity contribution is 0.637. The predicted molar refractivity (Wildman–Crippen MR) is 48.2 cm³/mol. The van der Waals surface area contributed by atoms with Gasteiger partial charge in [0.05, 0.1) is 0 Å². The Kier molecular flexibility index (Phi) is 2.13. The van der Waals surface area contributed by atoms with Crippen molar-refractivity contribution in [3.05, 3.63) is 0 Å². The maximum absolute atomic E-state index is 5.66. The molecule has 0 saturated carbocycles. The molecule has 1 fully saturated rings. The molecule has 1 aromatic rings. The van der Waals surface area contributed by atoms with E-state index < -0.39 is 0 Å². The van der Waals surface area contributed by atoms with Crippen LogP contribution >= 0.6 is 0 Å². The van der Waals surface area contributed by atoms with Gasteiger partial charge in [0, 0.05) is 26.2 Å². The SMILES string of the molecule is Cn1nnnc1N1CCCC1CN. The Morgan fingerprint density at radius 2 is 2.46 bits per heavy atom. The van der Waals surface area contributed by atoms with Gasteiger partial charge in [0.15, 0.2) is 0 Å². The first-order valence-corrected chi connectivity index (χ1v) is 4.52. The molecule has 2 heterocycles. The molecule has 0 aromatic carbocycles. The minimum absolute atomic E-state index is 0.407. The summed E-state index contributed by atoms with van der Waals surface area (Å²) in [7, 11) is 1.85. The van der Waals surface area contributed by atoms with Gasteiger partial charge in [-0.1, -0.05) is 5.10 Å². The number of hydrogen-bond acceptors (Lipinski definition) is 5. The fourth-order valence-electron chi connectivity index (χ4n) is 1.81. The summed E-state index contributed by atoms with van der Waals surface area (Å²) in [6.45, 7) is 1.68. The van der Waals surface area contributed by atoms with Crippen molar-refractivity contribution in [2.75, 3.05) is 18.0 Å². The normalized spacial score (nSPS) is 22.6. The van der Waals surface area contributed by atoms with Crippen LogP contribution in [0.4, 0.5) is 5.95 Å². The zero-order valence-corrected chi connectivity index (χ0v) is 7.72. The third-order valence-corrected chi connectivity index (χ3v) is 2.50. The number of aromatic nitrogens is 4. The van der Waals surface area contributed by atoms with E-state index in [1.54, 1.807) is 4.68 Å². The van der Waals surface area contributed by atoms with Gasteiger partial charge in [-0.15, -0.1) is 0 Å². The number of anilines is 1. The molecule has 13 heavy (non-hydrogen) atoms. The average Bonchev–Trinajstić information content (AvgIpc) is 2.71. The number of nitrogens with zero attached hydrogens (tertiary/aromatic N) is 5. The Morgan fingerprint density at radius 1 is 1.62 bits per heavy atom. The predicted octanol–water partition coefficient (Wildman–Crippen LogP) is -0.862. The van der Waals surface area contributed by atoms with Crippen molar-refractivity contribution in [3.8, 4) is 0 Å². The molecule has 0 aliphatic carbocycles. The molecule has 2 rings (SSSR count). The fourth-order valence-corrected chi connectivity index (χ4v) is 1.81. The second-order valence-corrected chi connectivity index (χ2v) is 3.33. The van der Waals surface area contributed by atoms with E-state index in [4.69, 9.17) is 5.73 Å². The van der Waals surface area contributed by atoms with Gasteiger partial charge in [-0.2, -0.15) is 0 Å². The standard InChI is InChI=1S/C7H14N6/c1-12-7(9-10-11-12)13-4-2-3-6(13)5-8/h6H,2-5,8H2,1H3. The topological polar surface area (TPSA) is 72.9 Å². The molecule has 0 radical (unpaired) electrons. The molecule has 0 amide bonds. The van der Waals surface area contributed by atoms with Gasteiger partial charge < -0.3 is 10.6 Å². The molecule has 1 saturated heterocycles. The second kappa shape index (κ2) is 3.29. The maximum Gasteiger partial charge on any atom is 0.245 e. The molecule has 1 unspecified atom stereocenters. The Balaban J connectivity index is 2.20. The third-order valence-electron chi connectivity index (χ3n) is 2.50. The monoisotopic (exact) mass is 182 g/mol. The molecular formula is C7H14N6. The highest BCUT2D eigenvalue weighted by Crippen LogP contribution is 2.21. The molecular weight excluding hydrogens is 168 g/mol. The Morgan fingerprint density at radius 3 is 3.08 bits per heavy atom. The van der Waals surface area contributed by atoms with Crippen LogP contribution in [0.1, 0.15) is 12.8 Å². The van der Waals surface area contributed by atoms with Gasteiger partial charge in [-0.25, -0.2) is 4.68 Å². The van der Waals surface area contributed by atoms with Crippen molar-refractivity contribution in [1.82, 2.24) is 20.2 Å². The van der Waals surface area contributed by atoms with Gasteiger partial charge in [0.2, 0.25) is 5.95 Å². The molecule has 6 nitrogen and oxygen atoms in total. The summed E-state index contributed by atoms with van der Waals surface area (Å²) < 4.78 is 1.69. The van der Waals surface area contributed by atoms with E-state index in [1.165, 1.54) is 6.42 Å². The summed E-state index contributed by atoms with van der Waals surface area (Å²) in [5.74, 6) is 0.827. The molecule has 2 N–H and O–H groups in total. The summed E-state index contributed by atoms with van der Waals surface area (Å²) in [6, 6.07) is 0.407. The third kappa shape index (κ3) is 1.37. The zero-order valence-electron chi connectivity index (χ0n) is 7.72. The smallest absolute Gasteiger partial charge is 0.245 e. The van der Waals surface area contributed by atoms with Crippen LogP contribution in [0, 0.1) is 0 Å². The van der Waals surface area contributed by atoms with Crippen LogP contribution in [-0.2, 0) is 7.05 Å². The van der Waals surface area contributed by atoms with E-state index in [0.29, 0.717) is 12.6 Å². The van der Waals surface area contributed by atoms with E-state index in [2.05, 4.69) is 20.4 Å². The first-order valence-electron chi connectivity index (χ1n) is 4.52. The van der Waals surface area contributed by atoms with Crippen LogP contribution in [0.15, 0.2) is 0 Å². The van der Waals surface area contributed by atoms with Gasteiger partial charge in [-0.3, -0.25) is 0 Å². The summed E-state index contributed by atoms with van der Waals surface area (Å²) in [5.41, 5.74) is 5.66. The number of tetrazole rings is 1. The zero-order chi connectivity index (χ0) is 9.26. The average molecular weight is 182 g/mol. The summed E-state index contributed by atoms with van der Waals surface area (Å²) in [4.78, 5) is 2.18. The quantitative estimate of drug-likeness (QED) is 0.644. The highest BCUT2D eigenvalue weighted by atomic mass is 15.6. The first-order chi connectivity index (χ1) is 6.33. The maximum atomic E-state index is 5.66. The molecule has 0 spiro atoms. The van der Waals surface area contributed by atoms with E-state index in [1.807, 2.05) is 7.05 Å². The van der Waals surface area contributed by atoms with Crippen molar-refractivity contribution in [3.63, 3.8) is 0 Å². The summed E-state index contributed by atoms with van der Waals surface area (Å²) in [5, 5.41) is 11.4. The van der Waals surface area contributed by atoms with Crippen LogP contribution < -0.4 is 10.6 Å².